The van der Waals surface area contributed by atoms with Gasteiger partial charge < -0.3 is 24.2 Å². The Kier molecular flexibility index (Phi) is 6.69. The third-order valence-corrected chi connectivity index (χ3v) is 7.11. The van der Waals surface area contributed by atoms with Crippen LogP contribution in [0.15, 0.2) is 60.7 Å². The fourth-order valence-corrected chi connectivity index (χ4v) is 5.25. The Bertz CT molecular complexity index is 1250. The van der Waals surface area contributed by atoms with Gasteiger partial charge in [-0.2, -0.15) is 0 Å². The van der Waals surface area contributed by atoms with Crippen molar-refractivity contribution in [2.45, 2.75) is 38.0 Å². The lowest BCUT2D eigenvalue weighted by Gasteiger charge is -2.26. The maximum Gasteiger partial charge on any atom is 0.305 e. The van der Waals surface area contributed by atoms with E-state index >= 15 is 0 Å². The zero-order valence-electron chi connectivity index (χ0n) is 20.5. The van der Waals surface area contributed by atoms with Gasteiger partial charge in [-0.1, -0.05) is 30.3 Å². The maximum absolute atomic E-state index is 14.4. The predicted molar refractivity (Wildman–Crippen MR) is 135 cm³/mol. The molecule has 2 fully saturated rings. The molecular weight excluding hydrogens is 461 g/mol. The number of benzene rings is 3. The van der Waals surface area contributed by atoms with Gasteiger partial charge >= 0.3 is 5.97 Å². The second-order valence-electron chi connectivity index (χ2n) is 9.52. The summed E-state index contributed by atoms with van der Waals surface area (Å²) in [5, 5.41) is 9.40. The monoisotopic (exact) mass is 491 g/mol. The first-order valence-corrected chi connectivity index (χ1v) is 12.1. The maximum atomic E-state index is 14.4. The number of carbonyl (C=O) groups is 1. The molecule has 0 bridgehead atoms. The average molecular weight is 492 g/mol. The fraction of sp³-hybridized carbons (Fsp3) is 0.345. The van der Waals surface area contributed by atoms with Crippen molar-refractivity contribution in [1.29, 1.82) is 0 Å². The molecular formula is C29H30FNO5. The molecule has 7 heteroatoms. The van der Waals surface area contributed by atoms with E-state index in [2.05, 4.69) is 17.0 Å². The highest BCUT2D eigenvalue weighted by Crippen LogP contribution is 2.39. The van der Waals surface area contributed by atoms with E-state index in [0.717, 1.165) is 34.4 Å². The molecule has 1 atom stereocenters. The van der Waals surface area contributed by atoms with Crippen LogP contribution in [0.1, 0.15) is 29.5 Å². The number of hydrogen-bond acceptors (Lipinski definition) is 5. The van der Waals surface area contributed by atoms with Crippen LogP contribution in [0.3, 0.4) is 0 Å². The van der Waals surface area contributed by atoms with Gasteiger partial charge in [-0.3, -0.25) is 4.79 Å². The highest BCUT2D eigenvalue weighted by Gasteiger charge is 2.49. The molecule has 1 unspecified atom stereocenters. The van der Waals surface area contributed by atoms with Crippen LogP contribution in [0.25, 0.3) is 11.1 Å². The fourth-order valence-electron chi connectivity index (χ4n) is 5.25. The topological polar surface area (TPSA) is 68.2 Å². The van der Waals surface area contributed by atoms with Crippen molar-refractivity contribution in [2.24, 2.45) is 0 Å². The van der Waals surface area contributed by atoms with Crippen molar-refractivity contribution in [3.63, 3.8) is 0 Å². The van der Waals surface area contributed by atoms with Gasteiger partial charge in [0.1, 0.15) is 11.6 Å². The van der Waals surface area contributed by atoms with Crippen LogP contribution >= 0.6 is 0 Å². The number of anilines is 1. The first-order valence-electron chi connectivity index (χ1n) is 12.1. The quantitative estimate of drug-likeness (QED) is 0.490. The Morgan fingerprint density at radius 1 is 1.11 bits per heavy atom. The van der Waals surface area contributed by atoms with Gasteiger partial charge in [0.25, 0.3) is 0 Å². The van der Waals surface area contributed by atoms with Crippen LogP contribution in [-0.2, 0) is 20.7 Å². The normalized spacial score (nSPS) is 18.6. The van der Waals surface area contributed by atoms with Crippen LogP contribution in [0.4, 0.5) is 10.1 Å². The Morgan fingerprint density at radius 2 is 1.86 bits per heavy atom. The van der Waals surface area contributed by atoms with Gasteiger partial charge in [-0.25, -0.2) is 4.39 Å². The molecule has 2 aliphatic heterocycles. The molecule has 0 aromatic heterocycles. The smallest absolute Gasteiger partial charge is 0.305 e. The molecule has 0 saturated carbocycles. The highest BCUT2D eigenvalue weighted by atomic mass is 19.1. The lowest BCUT2D eigenvalue weighted by atomic mass is 9.95. The molecule has 5 rings (SSSR count). The molecule has 3 aromatic rings. The van der Waals surface area contributed by atoms with E-state index in [1.165, 1.54) is 6.07 Å². The minimum Gasteiger partial charge on any atom is -0.497 e. The highest BCUT2D eigenvalue weighted by molar-refractivity contribution is 5.69. The first kappa shape index (κ1) is 24.3. The largest absolute Gasteiger partial charge is 0.497 e. The Morgan fingerprint density at radius 3 is 2.53 bits per heavy atom. The van der Waals surface area contributed by atoms with E-state index in [-0.39, 0.29) is 18.3 Å². The number of hydrogen-bond donors (Lipinski definition) is 1. The Hall–Kier alpha value is -3.42. The summed E-state index contributed by atoms with van der Waals surface area (Å²) in [6, 6.07) is 18.8. The summed E-state index contributed by atoms with van der Waals surface area (Å²) in [5.74, 6) is -1.20. The minimum atomic E-state index is -0.829. The van der Waals surface area contributed by atoms with E-state index in [4.69, 9.17) is 14.2 Å². The number of methoxy groups -OCH3 is 1. The molecule has 3 aromatic carbocycles. The minimum absolute atomic E-state index is 0.0373. The zero-order valence-corrected chi connectivity index (χ0v) is 20.5. The third kappa shape index (κ3) is 4.94. The second kappa shape index (κ2) is 9.91. The number of carboxylic acids is 1. The van der Waals surface area contributed by atoms with E-state index in [1.54, 1.807) is 19.2 Å². The van der Waals surface area contributed by atoms with Crippen molar-refractivity contribution >= 4 is 11.7 Å². The van der Waals surface area contributed by atoms with E-state index in [1.807, 2.05) is 37.3 Å². The van der Waals surface area contributed by atoms with E-state index < -0.39 is 11.8 Å². The van der Waals surface area contributed by atoms with Gasteiger partial charge in [0.15, 0.2) is 5.79 Å². The molecule has 0 radical (unpaired) electrons. The number of halogens is 1. The number of nitrogens with zero attached hydrogens (tertiary/aromatic N) is 1. The molecule has 36 heavy (non-hydrogen) atoms. The average Bonchev–Trinajstić information content (AvgIpc) is 3.47. The standard InChI is InChI=1S/C29H30FNO5/c1-19-13-22(26-16-25(34-2)9-10-27(26)30)6-5-21(19)14-20-3-7-23(8-4-20)31-18-29(35-11-12-36-29)17-24(31)15-28(32)33/h3-10,13,16,24H,11-12,14-15,17-18H2,1-2H3,(H,32,33). The number of ether oxygens (including phenoxy) is 3. The summed E-state index contributed by atoms with van der Waals surface area (Å²) in [5.41, 5.74) is 5.67. The second-order valence-corrected chi connectivity index (χ2v) is 9.52. The molecule has 0 amide bonds. The van der Waals surface area contributed by atoms with Crippen LogP contribution < -0.4 is 9.64 Å². The number of rotatable bonds is 7. The van der Waals surface area contributed by atoms with Crippen LogP contribution in [0.5, 0.6) is 5.75 Å². The van der Waals surface area contributed by atoms with E-state index in [9.17, 15) is 14.3 Å². The van der Waals surface area contributed by atoms with Crippen molar-refractivity contribution in [3.05, 3.63) is 83.2 Å². The van der Waals surface area contributed by atoms with Gasteiger partial charge in [-0.15, -0.1) is 0 Å². The molecule has 6 nitrogen and oxygen atoms in total. The lowest BCUT2D eigenvalue weighted by molar-refractivity contribution is -0.143. The van der Waals surface area contributed by atoms with Gasteiger partial charge in [0.05, 0.1) is 33.3 Å². The lowest BCUT2D eigenvalue weighted by Crippen LogP contribution is -2.35. The van der Waals surface area contributed by atoms with Gasteiger partial charge in [0, 0.05) is 23.7 Å². The van der Waals surface area contributed by atoms with Crippen LogP contribution in [-0.4, -0.2) is 49.8 Å². The summed E-state index contributed by atoms with van der Waals surface area (Å²) < 4.78 is 31.4. The van der Waals surface area contributed by atoms with Crippen LogP contribution in [0.2, 0.25) is 0 Å². The first-order chi connectivity index (χ1) is 17.4. The summed E-state index contributed by atoms with van der Waals surface area (Å²) in [6.07, 6.45) is 1.32. The van der Waals surface area contributed by atoms with Crippen molar-refractivity contribution in [1.82, 2.24) is 0 Å². The van der Waals surface area contributed by atoms with Gasteiger partial charge in [-0.05, 0) is 65.9 Å². The van der Waals surface area contributed by atoms with Crippen molar-refractivity contribution < 1.29 is 28.5 Å². The number of aryl methyl sites for hydroxylation is 1. The molecule has 1 spiro atoms. The molecule has 2 aliphatic rings. The molecule has 0 aliphatic carbocycles. The van der Waals surface area contributed by atoms with Crippen molar-refractivity contribution in [3.8, 4) is 16.9 Å². The molecule has 2 heterocycles. The SMILES string of the molecule is COc1ccc(F)c(-c2ccc(Cc3ccc(N4CC5(CC4CC(=O)O)OCCO5)cc3)c(C)c2)c1. The number of aliphatic carboxylic acids is 1. The Labute approximate surface area is 210 Å². The predicted octanol–water partition coefficient (Wildman–Crippen LogP) is 5.20. The van der Waals surface area contributed by atoms with Crippen LogP contribution in [0, 0.1) is 12.7 Å². The molecule has 1 N–H and O–H groups in total. The number of carboxylic acid groups (broad SMARTS) is 1. The van der Waals surface area contributed by atoms with Crippen molar-refractivity contribution in [2.75, 3.05) is 31.8 Å². The molecule has 2 saturated heterocycles. The summed E-state index contributed by atoms with van der Waals surface area (Å²) in [6.45, 7) is 3.63. The van der Waals surface area contributed by atoms with Gasteiger partial charge in [0.2, 0.25) is 0 Å². The zero-order chi connectivity index (χ0) is 25.3. The third-order valence-electron chi connectivity index (χ3n) is 7.11. The summed E-state index contributed by atoms with van der Waals surface area (Å²) in [4.78, 5) is 13.5. The Balaban J connectivity index is 1.32. The summed E-state index contributed by atoms with van der Waals surface area (Å²) >= 11 is 0. The molecule has 188 valence electrons. The van der Waals surface area contributed by atoms with E-state index in [0.29, 0.717) is 37.5 Å². The summed E-state index contributed by atoms with van der Waals surface area (Å²) in [7, 11) is 1.57.